The van der Waals surface area contributed by atoms with E-state index in [0.29, 0.717) is 0 Å². The van der Waals surface area contributed by atoms with Crippen LogP contribution in [0.5, 0.6) is 0 Å². The molecular formula is C14H21ClFN. The summed E-state index contributed by atoms with van der Waals surface area (Å²) >= 11 is 5.63. The fourth-order valence-corrected chi connectivity index (χ4v) is 2.02. The third kappa shape index (κ3) is 5.51. The van der Waals surface area contributed by atoms with Crippen molar-refractivity contribution in [2.75, 3.05) is 0 Å². The SMILES string of the molecule is CCCCCCC(N)Cc1ccc(Cl)c(F)c1. The van der Waals surface area contributed by atoms with Crippen molar-refractivity contribution in [3.8, 4) is 0 Å². The molecule has 17 heavy (non-hydrogen) atoms. The minimum atomic E-state index is -0.359. The molecule has 1 aromatic carbocycles. The molecule has 1 unspecified atom stereocenters. The highest BCUT2D eigenvalue weighted by molar-refractivity contribution is 6.30. The molecule has 0 aromatic heterocycles. The van der Waals surface area contributed by atoms with Crippen molar-refractivity contribution in [2.45, 2.75) is 51.5 Å². The minimum absolute atomic E-state index is 0.118. The number of benzene rings is 1. The summed E-state index contributed by atoms with van der Waals surface area (Å²) in [6.45, 7) is 2.19. The van der Waals surface area contributed by atoms with E-state index >= 15 is 0 Å². The molecule has 0 amide bonds. The lowest BCUT2D eigenvalue weighted by molar-refractivity contribution is 0.544. The van der Waals surface area contributed by atoms with Crippen LogP contribution in [0.1, 0.15) is 44.6 Å². The third-order valence-electron chi connectivity index (χ3n) is 2.91. The predicted octanol–water partition coefficient (Wildman–Crippen LogP) is 4.32. The van der Waals surface area contributed by atoms with Crippen LogP contribution in [-0.2, 0) is 6.42 Å². The van der Waals surface area contributed by atoms with Gasteiger partial charge < -0.3 is 5.73 Å². The second-order valence-electron chi connectivity index (χ2n) is 4.56. The van der Waals surface area contributed by atoms with Crippen LogP contribution < -0.4 is 5.73 Å². The molecule has 0 saturated carbocycles. The first-order valence-electron chi connectivity index (χ1n) is 6.33. The molecular weight excluding hydrogens is 237 g/mol. The lowest BCUT2D eigenvalue weighted by Gasteiger charge is -2.11. The van der Waals surface area contributed by atoms with E-state index in [9.17, 15) is 4.39 Å². The average Bonchev–Trinajstić information content (AvgIpc) is 2.30. The topological polar surface area (TPSA) is 26.0 Å². The first kappa shape index (κ1) is 14.5. The highest BCUT2D eigenvalue weighted by Gasteiger charge is 2.06. The summed E-state index contributed by atoms with van der Waals surface area (Å²) in [5.74, 6) is -0.359. The van der Waals surface area contributed by atoms with Gasteiger partial charge in [0.15, 0.2) is 0 Å². The highest BCUT2D eigenvalue weighted by atomic mass is 35.5. The molecule has 0 aliphatic carbocycles. The van der Waals surface area contributed by atoms with Crippen molar-refractivity contribution in [1.82, 2.24) is 0 Å². The van der Waals surface area contributed by atoms with Gasteiger partial charge >= 0.3 is 0 Å². The van der Waals surface area contributed by atoms with Crippen LogP contribution in [-0.4, -0.2) is 6.04 Å². The standard InChI is InChI=1S/C14H21ClFN/c1-2-3-4-5-6-12(17)9-11-7-8-13(15)14(16)10-11/h7-8,10,12H,2-6,9,17H2,1H3. The Hall–Kier alpha value is -0.600. The number of rotatable bonds is 7. The van der Waals surface area contributed by atoms with Crippen molar-refractivity contribution in [3.05, 3.63) is 34.6 Å². The summed E-state index contributed by atoms with van der Waals surface area (Å²) in [5, 5.41) is 0.172. The van der Waals surface area contributed by atoms with Crippen molar-refractivity contribution < 1.29 is 4.39 Å². The molecule has 0 fully saturated rings. The third-order valence-corrected chi connectivity index (χ3v) is 3.22. The van der Waals surface area contributed by atoms with Gasteiger partial charge in [-0.3, -0.25) is 0 Å². The largest absolute Gasteiger partial charge is 0.327 e. The van der Waals surface area contributed by atoms with Crippen LogP contribution in [0.2, 0.25) is 5.02 Å². The Morgan fingerprint density at radius 2 is 2.06 bits per heavy atom. The molecule has 2 N–H and O–H groups in total. The Kier molecular flexibility index (Phi) is 6.53. The van der Waals surface area contributed by atoms with E-state index < -0.39 is 0 Å². The van der Waals surface area contributed by atoms with Gasteiger partial charge in [0.2, 0.25) is 0 Å². The Balaban J connectivity index is 2.34. The van der Waals surface area contributed by atoms with Crippen LogP contribution >= 0.6 is 11.6 Å². The first-order valence-corrected chi connectivity index (χ1v) is 6.70. The molecule has 0 aliphatic heterocycles. The van der Waals surface area contributed by atoms with E-state index in [1.54, 1.807) is 6.07 Å². The Labute approximate surface area is 108 Å². The zero-order valence-electron chi connectivity index (χ0n) is 10.4. The maximum absolute atomic E-state index is 13.2. The number of halogens is 2. The Bertz CT molecular complexity index is 341. The van der Waals surface area contributed by atoms with Crippen LogP contribution in [0.25, 0.3) is 0 Å². The minimum Gasteiger partial charge on any atom is -0.327 e. The van der Waals surface area contributed by atoms with Crippen LogP contribution in [0, 0.1) is 5.82 Å². The molecule has 0 spiro atoms. The van der Waals surface area contributed by atoms with Gasteiger partial charge in [0, 0.05) is 6.04 Å². The van der Waals surface area contributed by atoms with Crippen LogP contribution in [0.3, 0.4) is 0 Å². The average molecular weight is 258 g/mol. The van der Waals surface area contributed by atoms with E-state index in [2.05, 4.69) is 6.92 Å². The molecule has 1 aromatic rings. The molecule has 1 rings (SSSR count). The van der Waals surface area contributed by atoms with E-state index in [-0.39, 0.29) is 16.9 Å². The number of nitrogens with two attached hydrogens (primary N) is 1. The van der Waals surface area contributed by atoms with Gasteiger partial charge in [0.1, 0.15) is 5.82 Å². The maximum Gasteiger partial charge on any atom is 0.142 e. The van der Waals surface area contributed by atoms with Gasteiger partial charge in [0.25, 0.3) is 0 Å². The molecule has 0 radical (unpaired) electrons. The summed E-state index contributed by atoms with van der Waals surface area (Å²) in [7, 11) is 0. The van der Waals surface area contributed by atoms with Crippen molar-refractivity contribution >= 4 is 11.6 Å². The van der Waals surface area contributed by atoms with Gasteiger partial charge in [-0.1, -0.05) is 50.3 Å². The molecule has 0 bridgehead atoms. The van der Waals surface area contributed by atoms with E-state index in [4.69, 9.17) is 17.3 Å². The maximum atomic E-state index is 13.2. The summed E-state index contributed by atoms with van der Waals surface area (Å²) < 4.78 is 13.2. The van der Waals surface area contributed by atoms with Crippen molar-refractivity contribution in [1.29, 1.82) is 0 Å². The Morgan fingerprint density at radius 1 is 1.29 bits per heavy atom. The highest BCUT2D eigenvalue weighted by Crippen LogP contribution is 2.17. The molecule has 1 nitrogen and oxygen atoms in total. The quantitative estimate of drug-likeness (QED) is 0.724. The second-order valence-corrected chi connectivity index (χ2v) is 4.97. The lowest BCUT2D eigenvalue weighted by Crippen LogP contribution is -2.22. The Morgan fingerprint density at radius 3 is 2.71 bits per heavy atom. The fourth-order valence-electron chi connectivity index (χ4n) is 1.90. The number of hydrogen-bond donors (Lipinski definition) is 1. The van der Waals surface area contributed by atoms with Crippen LogP contribution in [0.4, 0.5) is 4.39 Å². The van der Waals surface area contributed by atoms with E-state index in [1.807, 2.05) is 6.07 Å². The molecule has 0 heterocycles. The summed E-state index contributed by atoms with van der Waals surface area (Å²) in [5.41, 5.74) is 6.95. The first-order chi connectivity index (χ1) is 8.13. The second kappa shape index (κ2) is 7.67. The van der Waals surface area contributed by atoms with E-state index in [1.165, 1.54) is 25.3 Å². The summed E-state index contributed by atoms with van der Waals surface area (Å²) in [4.78, 5) is 0. The molecule has 3 heteroatoms. The summed E-state index contributed by atoms with van der Waals surface area (Å²) in [6, 6.07) is 5.04. The van der Waals surface area contributed by atoms with E-state index in [0.717, 1.165) is 24.8 Å². The smallest absolute Gasteiger partial charge is 0.142 e. The summed E-state index contributed by atoms with van der Waals surface area (Å²) in [6.07, 6.45) is 6.62. The number of unbranched alkanes of at least 4 members (excludes halogenated alkanes) is 3. The van der Waals surface area contributed by atoms with Crippen LogP contribution in [0.15, 0.2) is 18.2 Å². The zero-order chi connectivity index (χ0) is 12.7. The van der Waals surface area contributed by atoms with Gasteiger partial charge in [0.05, 0.1) is 5.02 Å². The fraction of sp³-hybridized carbons (Fsp3) is 0.571. The molecule has 96 valence electrons. The molecule has 0 saturated heterocycles. The molecule has 0 aliphatic rings. The van der Waals surface area contributed by atoms with Gasteiger partial charge in [-0.2, -0.15) is 0 Å². The number of hydrogen-bond acceptors (Lipinski definition) is 1. The van der Waals surface area contributed by atoms with Gasteiger partial charge in [-0.05, 0) is 30.5 Å². The molecule has 1 atom stereocenters. The normalized spacial score (nSPS) is 12.7. The van der Waals surface area contributed by atoms with Crippen molar-refractivity contribution in [3.63, 3.8) is 0 Å². The zero-order valence-corrected chi connectivity index (χ0v) is 11.1. The van der Waals surface area contributed by atoms with Crippen molar-refractivity contribution in [2.24, 2.45) is 5.73 Å². The monoisotopic (exact) mass is 257 g/mol. The van der Waals surface area contributed by atoms with Gasteiger partial charge in [-0.25, -0.2) is 4.39 Å². The lowest BCUT2D eigenvalue weighted by atomic mass is 10.0. The predicted molar refractivity (Wildman–Crippen MR) is 71.8 cm³/mol. The van der Waals surface area contributed by atoms with Gasteiger partial charge in [-0.15, -0.1) is 0 Å².